The van der Waals surface area contributed by atoms with E-state index >= 15 is 0 Å². The van der Waals surface area contributed by atoms with Gasteiger partial charge in [-0.3, -0.25) is 9.59 Å². The number of ether oxygens (including phenoxy) is 2. The molecule has 1 heterocycles. The quantitative estimate of drug-likeness (QED) is 0.421. The number of fused-ring (bicyclic) bond motifs is 1. The maximum atomic E-state index is 12.5. The van der Waals surface area contributed by atoms with Crippen LogP contribution in [-0.2, 0) is 4.79 Å². The van der Waals surface area contributed by atoms with Crippen LogP contribution in [-0.4, -0.2) is 11.8 Å². The maximum absolute atomic E-state index is 12.5. The van der Waals surface area contributed by atoms with Gasteiger partial charge in [0.25, 0.3) is 0 Å². The standard InChI is InChI=1S/C19H14Cl2O4/c1-10(2)19(23)24-11-6-7-12-16(8-11)25-17(18(12)22)9-13-14(20)4-3-5-15(13)21/h3-10H,1-2H3/b17-9-. The van der Waals surface area contributed by atoms with Crippen LogP contribution >= 0.6 is 23.2 Å². The van der Waals surface area contributed by atoms with E-state index in [4.69, 9.17) is 32.7 Å². The summed E-state index contributed by atoms with van der Waals surface area (Å²) >= 11 is 12.3. The number of carbonyl (C=O) groups excluding carboxylic acids is 2. The fourth-order valence-electron chi connectivity index (χ4n) is 2.24. The van der Waals surface area contributed by atoms with Crippen molar-refractivity contribution in [3.8, 4) is 11.5 Å². The lowest BCUT2D eigenvalue weighted by Crippen LogP contribution is -2.14. The molecule has 1 aliphatic heterocycles. The molecule has 0 aliphatic carbocycles. The third-order valence-corrected chi connectivity index (χ3v) is 4.27. The lowest BCUT2D eigenvalue weighted by atomic mass is 10.1. The number of ketones is 1. The zero-order valence-electron chi connectivity index (χ0n) is 13.5. The molecule has 0 saturated carbocycles. The van der Waals surface area contributed by atoms with Gasteiger partial charge in [-0.2, -0.15) is 0 Å². The number of rotatable bonds is 3. The van der Waals surface area contributed by atoms with Crippen molar-refractivity contribution >= 4 is 41.0 Å². The Bertz CT molecular complexity index is 880. The van der Waals surface area contributed by atoms with Crippen LogP contribution in [0.15, 0.2) is 42.2 Å². The van der Waals surface area contributed by atoms with Crippen molar-refractivity contribution in [3.05, 3.63) is 63.3 Å². The summed E-state index contributed by atoms with van der Waals surface area (Å²) in [6, 6.07) is 9.71. The molecular weight excluding hydrogens is 363 g/mol. The summed E-state index contributed by atoms with van der Waals surface area (Å²) in [4.78, 5) is 24.2. The van der Waals surface area contributed by atoms with E-state index in [1.807, 2.05) is 0 Å². The monoisotopic (exact) mass is 376 g/mol. The zero-order chi connectivity index (χ0) is 18.1. The molecule has 1 aliphatic rings. The number of benzene rings is 2. The van der Waals surface area contributed by atoms with Crippen LogP contribution in [0.2, 0.25) is 10.0 Å². The van der Waals surface area contributed by atoms with E-state index in [2.05, 4.69) is 0 Å². The zero-order valence-corrected chi connectivity index (χ0v) is 15.0. The molecule has 0 bridgehead atoms. The van der Waals surface area contributed by atoms with Crippen molar-refractivity contribution in [3.63, 3.8) is 0 Å². The summed E-state index contributed by atoms with van der Waals surface area (Å²) in [6.45, 7) is 3.48. The molecule has 0 amide bonds. The summed E-state index contributed by atoms with van der Waals surface area (Å²) in [6.07, 6.45) is 1.51. The molecule has 2 aromatic rings. The Hall–Kier alpha value is -2.30. The van der Waals surface area contributed by atoms with Crippen LogP contribution in [0.3, 0.4) is 0 Å². The predicted octanol–water partition coefficient (Wildman–Crippen LogP) is 5.17. The van der Waals surface area contributed by atoms with Gasteiger partial charge in [0.1, 0.15) is 11.5 Å². The largest absolute Gasteiger partial charge is 0.452 e. The van der Waals surface area contributed by atoms with E-state index in [9.17, 15) is 9.59 Å². The van der Waals surface area contributed by atoms with Crippen molar-refractivity contribution in [1.29, 1.82) is 0 Å². The Morgan fingerprint density at radius 1 is 1.16 bits per heavy atom. The fourth-order valence-corrected chi connectivity index (χ4v) is 2.75. The third kappa shape index (κ3) is 3.55. The van der Waals surface area contributed by atoms with E-state index in [1.165, 1.54) is 12.1 Å². The molecule has 128 valence electrons. The number of halogens is 2. The average molecular weight is 377 g/mol. The molecular formula is C19H14Cl2O4. The number of hydrogen-bond donors (Lipinski definition) is 0. The van der Waals surface area contributed by atoms with E-state index in [0.717, 1.165) is 0 Å². The second-order valence-corrected chi connectivity index (χ2v) is 6.62. The minimum atomic E-state index is -0.358. The fraction of sp³-hybridized carbons (Fsp3) is 0.158. The number of allylic oxidation sites excluding steroid dienone is 1. The molecule has 6 heteroatoms. The molecule has 0 N–H and O–H groups in total. The predicted molar refractivity (Wildman–Crippen MR) is 96.3 cm³/mol. The topological polar surface area (TPSA) is 52.6 Å². The summed E-state index contributed by atoms with van der Waals surface area (Å²) in [5, 5.41) is 0.831. The Kier molecular flexibility index (Phi) is 4.84. The molecule has 4 nitrogen and oxygen atoms in total. The van der Waals surface area contributed by atoms with Crippen molar-refractivity contribution in [1.82, 2.24) is 0 Å². The van der Waals surface area contributed by atoms with Crippen LogP contribution in [0.5, 0.6) is 11.5 Å². The van der Waals surface area contributed by atoms with Gasteiger partial charge in [-0.25, -0.2) is 0 Å². The van der Waals surface area contributed by atoms with E-state index in [-0.39, 0.29) is 23.4 Å². The minimum absolute atomic E-state index is 0.109. The molecule has 0 fully saturated rings. The Balaban J connectivity index is 1.91. The molecule has 0 unspecified atom stereocenters. The maximum Gasteiger partial charge on any atom is 0.313 e. The Morgan fingerprint density at radius 3 is 2.48 bits per heavy atom. The highest BCUT2D eigenvalue weighted by Gasteiger charge is 2.28. The molecule has 0 saturated heterocycles. The Labute approximate surface area is 155 Å². The van der Waals surface area contributed by atoms with Gasteiger partial charge in [0.15, 0.2) is 5.76 Å². The molecule has 0 aromatic heterocycles. The minimum Gasteiger partial charge on any atom is -0.452 e. The molecule has 2 aromatic carbocycles. The van der Waals surface area contributed by atoms with Gasteiger partial charge < -0.3 is 9.47 Å². The van der Waals surface area contributed by atoms with Gasteiger partial charge in [0.05, 0.1) is 11.5 Å². The van der Waals surface area contributed by atoms with Crippen molar-refractivity contribution in [2.45, 2.75) is 13.8 Å². The number of Topliss-reactive ketones (excluding diaryl/α,β-unsaturated/α-hetero) is 1. The van der Waals surface area contributed by atoms with E-state index in [0.29, 0.717) is 32.7 Å². The highest BCUT2D eigenvalue weighted by molar-refractivity contribution is 6.37. The van der Waals surface area contributed by atoms with E-state index < -0.39 is 0 Å². The highest BCUT2D eigenvalue weighted by atomic mass is 35.5. The SMILES string of the molecule is CC(C)C(=O)Oc1ccc2c(c1)O/C(=C\c1c(Cl)cccc1Cl)C2=O. The van der Waals surface area contributed by atoms with Crippen LogP contribution in [0, 0.1) is 5.92 Å². The van der Waals surface area contributed by atoms with Gasteiger partial charge in [-0.05, 0) is 30.3 Å². The van der Waals surface area contributed by atoms with E-state index in [1.54, 1.807) is 44.2 Å². The van der Waals surface area contributed by atoms with Crippen molar-refractivity contribution < 1.29 is 19.1 Å². The molecule has 0 radical (unpaired) electrons. The van der Waals surface area contributed by atoms with Crippen LogP contribution in [0.4, 0.5) is 0 Å². The normalized spacial score (nSPS) is 14.6. The number of hydrogen-bond acceptors (Lipinski definition) is 4. The lowest BCUT2D eigenvalue weighted by molar-refractivity contribution is -0.137. The molecule has 3 rings (SSSR count). The van der Waals surface area contributed by atoms with Crippen LogP contribution in [0.25, 0.3) is 6.08 Å². The first-order valence-electron chi connectivity index (χ1n) is 7.61. The highest BCUT2D eigenvalue weighted by Crippen LogP contribution is 2.36. The first-order valence-corrected chi connectivity index (χ1v) is 8.36. The first kappa shape index (κ1) is 17.5. The molecule has 25 heavy (non-hydrogen) atoms. The van der Waals surface area contributed by atoms with Gasteiger partial charge in [-0.1, -0.05) is 43.1 Å². The molecule has 0 atom stereocenters. The second-order valence-electron chi connectivity index (χ2n) is 5.81. The van der Waals surface area contributed by atoms with Gasteiger partial charge >= 0.3 is 5.97 Å². The first-order chi connectivity index (χ1) is 11.9. The average Bonchev–Trinajstić information content (AvgIpc) is 2.86. The summed E-state index contributed by atoms with van der Waals surface area (Å²) < 4.78 is 10.9. The lowest BCUT2D eigenvalue weighted by Gasteiger charge is -2.07. The summed E-state index contributed by atoms with van der Waals surface area (Å²) in [7, 11) is 0. The Morgan fingerprint density at radius 2 is 1.84 bits per heavy atom. The van der Waals surface area contributed by atoms with Gasteiger partial charge in [0, 0.05) is 21.7 Å². The second kappa shape index (κ2) is 6.90. The smallest absolute Gasteiger partial charge is 0.313 e. The van der Waals surface area contributed by atoms with Gasteiger partial charge in [0.2, 0.25) is 5.78 Å². The van der Waals surface area contributed by atoms with Crippen LogP contribution in [0.1, 0.15) is 29.8 Å². The number of esters is 1. The van der Waals surface area contributed by atoms with Crippen molar-refractivity contribution in [2.24, 2.45) is 5.92 Å². The van der Waals surface area contributed by atoms with Gasteiger partial charge in [-0.15, -0.1) is 0 Å². The third-order valence-electron chi connectivity index (χ3n) is 3.61. The summed E-state index contributed by atoms with van der Waals surface area (Å²) in [5.74, 6) is -0.141. The van der Waals surface area contributed by atoms with Crippen LogP contribution < -0.4 is 9.47 Å². The molecule has 0 spiro atoms. The van der Waals surface area contributed by atoms with Crippen molar-refractivity contribution in [2.75, 3.05) is 0 Å². The summed E-state index contributed by atoms with van der Waals surface area (Å²) in [5.41, 5.74) is 0.896. The number of carbonyl (C=O) groups is 2.